The predicted molar refractivity (Wildman–Crippen MR) is 69.9 cm³/mol. The highest BCUT2D eigenvalue weighted by molar-refractivity contribution is 5.77. The van der Waals surface area contributed by atoms with Crippen molar-refractivity contribution in [3.05, 3.63) is 0 Å². The van der Waals surface area contributed by atoms with Gasteiger partial charge in [0, 0.05) is 19.0 Å². The summed E-state index contributed by atoms with van der Waals surface area (Å²) in [6.07, 6.45) is 8.07. The first-order valence-corrected chi connectivity index (χ1v) is 7.33. The van der Waals surface area contributed by atoms with Gasteiger partial charge < -0.3 is 10.2 Å². The quantitative estimate of drug-likeness (QED) is 0.745. The molecule has 2 saturated heterocycles. The summed E-state index contributed by atoms with van der Waals surface area (Å²) in [6, 6.07) is 0.541. The minimum atomic E-state index is 0.407. The second-order valence-electron chi connectivity index (χ2n) is 5.51. The lowest BCUT2D eigenvalue weighted by Crippen LogP contribution is -2.55. The normalized spacial score (nSPS) is 29.2. The highest BCUT2D eigenvalue weighted by Gasteiger charge is 2.36. The van der Waals surface area contributed by atoms with Gasteiger partial charge in [-0.15, -0.1) is 0 Å². The molecule has 0 bridgehead atoms. The molecule has 2 fully saturated rings. The molecule has 0 saturated carbocycles. The molecule has 2 atom stereocenters. The third kappa shape index (κ3) is 3.21. The van der Waals surface area contributed by atoms with Gasteiger partial charge in [0.05, 0.1) is 0 Å². The van der Waals surface area contributed by atoms with Gasteiger partial charge in [0.15, 0.2) is 0 Å². The minimum absolute atomic E-state index is 0.407. The van der Waals surface area contributed by atoms with Gasteiger partial charge in [-0.05, 0) is 38.3 Å². The monoisotopic (exact) mass is 238 g/mol. The van der Waals surface area contributed by atoms with Crippen LogP contribution in [0.2, 0.25) is 0 Å². The van der Waals surface area contributed by atoms with Gasteiger partial charge in [0.1, 0.15) is 0 Å². The Morgan fingerprint density at radius 1 is 1.29 bits per heavy atom. The zero-order valence-electron chi connectivity index (χ0n) is 11.1. The van der Waals surface area contributed by atoms with Crippen molar-refractivity contribution in [1.82, 2.24) is 10.2 Å². The van der Waals surface area contributed by atoms with E-state index < -0.39 is 0 Å². The van der Waals surface area contributed by atoms with E-state index in [1.165, 1.54) is 25.7 Å². The van der Waals surface area contributed by atoms with Crippen LogP contribution in [-0.2, 0) is 4.79 Å². The Bertz CT molecular complexity index is 255. The first-order chi connectivity index (χ1) is 8.33. The molecule has 2 unspecified atom stereocenters. The average molecular weight is 238 g/mol. The van der Waals surface area contributed by atoms with Gasteiger partial charge in [0.25, 0.3) is 0 Å². The van der Waals surface area contributed by atoms with Crippen LogP contribution in [0.3, 0.4) is 0 Å². The fourth-order valence-corrected chi connectivity index (χ4v) is 3.25. The molecular weight excluding hydrogens is 212 g/mol. The maximum atomic E-state index is 12.0. The summed E-state index contributed by atoms with van der Waals surface area (Å²) in [7, 11) is 0. The second-order valence-corrected chi connectivity index (χ2v) is 5.51. The predicted octanol–water partition coefficient (Wildman–Crippen LogP) is 2.17. The standard InChI is InChI=1S/C14H26N2O/c1-2-3-4-5-10-16-13-8-9-15-11-12(13)6-7-14(16)17/h12-13,15H,2-11H2,1H3. The van der Waals surface area contributed by atoms with Crippen LogP contribution in [0.25, 0.3) is 0 Å². The number of hydrogen-bond acceptors (Lipinski definition) is 2. The molecule has 98 valence electrons. The lowest BCUT2D eigenvalue weighted by Gasteiger charge is -2.44. The van der Waals surface area contributed by atoms with Crippen LogP contribution in [-0.4, -0.2) is 36.5 Å². The molecule has 2 heterocycles. The lowest BCUT2D eigenvalue weighted by molar-refractivity contribution is -0.139. The smallest absolute Gasteiger partial charge is 0.222 e. The van der Waals surface area contributed by atoms with E-state index in [1.54, 1.807) is 0 Å². The summed E-state index contributed by atoms with van der Waals surface area (Å²) in [4.78, 5) is 14.2. The number of amides is 1. The number of piperidine rings is 2. The Labute approximate surface area is 105 Å². The van der Waals surface area contributed by atoms with Crippen molar-refractivity contribution >= 4 is 5.91 Å². The van der Waals surface area contributed by atoms with Gasteiger partial charge in [-0.1, -0.05) is 26.2 Å². The third-order valence-corrected chi connectivity index (χ3v) is 4.27. The van der Waals surface area contributed by atoms with Crippen LogP contribution in [0.4, 0.5) is 0 Å². The van der Waals surface area contributed by atoms with E-state index in [0.29, 0.717) is 17.9 Å². The van der Waals surface area contributed by atoms with E-state index >= 15 is 0 Å². The van der Waals surface area contributed by atoms with Crippen LogP contribution in [0.1, 0.15) is 51.9 Å². The van der Waals surface area contributed by atoms with Crippen molar-refractivity contribution < 1.29 is 4.79 Å². The van der Waals surface area contributed by atoms with Crippen molar-refractivity contribution in [1.29, 1.82) is 0 Å². The largest absolute Gasteiger partial charge is 0.339 e. The maximum absolute atomic E-state index is 12.0. The minimum Gasteiger partial charge on any atom is -0.339 e. The van der Waals surface area contributed by atoms with Gasteiger partial charge in [-0.3, -0.25) is 4.79 Å². The fraction of sp³-hybridized carbons (Fsp3) is 0.929. The molecule has 1 N–H and O–H groups in total. The maximum Gasteiger partial charge on any atom is 0.222 e. The van der Waals surface area contributed by atoms with Crippen LogP contribution in [0.5, 0.6) is 0 Å². The van der Waals surface area contributed by atoms with E-state index in [-0.39, 0.29) is 0 Å². The molecule has 0 aromatic carbocycles. The van der Waals surface area contributed by atoms with E-state index in [1.807, 2.05) is 0 Å². The van der Waals surface area contributed by atoms with Crippen LogP contribution in [0, 0.1) is 5.92 Å². The molecule has 0 spiro atoms. The SMILES string of the molecule is CCCCCCN1C(=O)CCC2CNCCC21. The van der Waals surface area contributed by atoms with Crippen molar-refractivity contribution in [2.45, 2.75) is 57.9 Å². The Kier molecular flexibility index (Phi) is 4.84. The number of nitrogens with one attached hydrogen (secondary N) is 1. The van der Waals surface area contributed by atoms with Crippen molar-refractivity contribution in [3.8, 4) is 0 Å². The van der Waals surface area contributed by atoms with Crippen LogP contribution < -0.4 is 5.32 Å². The molecule has 3 nitrogen and oxygen atoms in total. The number of fused-ring (bicyclic) bond motifs is 1. The molecule has 0 radical (unpaired) electrons. The number of unbranched alkanes of at least 4 members (excludes halogenated alkanes) is 3. The summed E-state index contributed by atoms with van der Waals surface area (Å²) < 4.78 is 0. The van der Waals surface area contributed by atoms with Crippen molar-refractivity contribution in [3.63, 3.8) is 0 Å². The van der Waals surface area contributed by atoms with E-state index in [2.05, 4.69) is 17.1 Å². The lowest BCUT2D eigenvalue weighted by atomic mass is 9.84. The fourth-order valence-electron chi connectivity index (χ4n) is 3.25. The number of carbonyl (C=O) groups excluding carboxylic acids is 1. The summed E-state index contributed by atoms with van der Waals surface area (Å²) in [5.74, 6) is 1.12. The van der Waals surface area contributed by atoms with E-state index in [0.717, 1.165) is 38.9 Å². The zero-order chi connectivity index (χ0) is 12.1. The summed E-state index contributed by atoms with van der Waals surface area (Å²) in [5.41, 5.74) is 0. The molecule has 2 rings (SSSR count). The number of carbonyl (C=O) groups is 1. The molecule has 2 aliphatic heterocycles. The van der Waals surface area contributed by atoms with Crippen LogP contribution in [0.15, 0.2) is 0 Å². The third-order valence-electron chi connectivity index (χ3n) is 4.27. The number of likely N-dealkylation sites (tertiary alicyclic amines) is 1. The van der Waals surface area contributed by atoms with E-state index in [4.69, 9.17) is 0 Å². The number of nitrogens with zero attached hydrogens (tertiary/aromatic N) is 1. The summed E-state index contributed by atoms with van der Waals surface area (Å²) in [6.45, 7) is 5.43. The first kappa shape index (κ1) is 12.9. The Morgan fingerprint density at radius 2 is 2.18 bits per heavy atom. The highest BCUT2D eigenvalue weighted by Crippen LogP contribution is 2.28. The van der Waals surface area contributed by atoms with Gasteiger partial charge in [-0.25, -0.2) is 0 Å². The molecule has 1 amide bonds. The molecule has 0 aliphatic carbocycles. The van der Waals surface area contributed by atoms with Gasteiger partial charge in [0.2, 0.25) is 5.91 Å². The number of hydrogen-bond donors (Lipinski definition) is 1. The molecule has 17 heavy (non-hydrogen) atoms. The van der Waals surface area contributed by atoms with Gasteiger partial charge >= 0.3 is 0 Å². The van der Waals surface area contributed by atoms with Crippen molar-refractivity contribution in [2.75, 3.05) is 19.6 Å². The average Bonchev–Trinajstić information content (AvgIpc) is 2.37. The molecule has 0 aromatic heterocycles. The molecule has 0 aromatic rings. The number of rotatable bonds is 5. The Morgan fingerprint density at radius 3 is 3.00 bits per heavy atom. The molecule has 2 aliphatic rings. The topological polar surface area (TPSA) is 32.3 Å². The summed E-state index contributed by atoms with van der Waals surface area (Å²) in [5, 5.41) is 3.46. The van der Waals surface area contributed by atoms with Gasteiger partial charge in [-0.2, -0.15) is 0 Å². The molecular formula is C14H26N2O. The molecule has 3 heteroatoms. The van der Waals surface area contributed by atoms with Crippen LogP contribution >= 0.6 is 0 Å². The Hall–Kier alpha value is -0.570. The van der Waals surface area contributed by atoms with E-state index in [9.17, 15) is 4.79 Å². The summed E-state index contributed by atoms with van der Waals surface area (Å²) >= 11 is 0. The second kappa shape index (κ2) is 6.39. The zero-order valence-corrected chi connectivity index (χ0v) is 11.1. The van der Waals surface area contributed by atoms with Crippen molar-refractivity contribution in [2.24, 2.45) is 5.92 Å². The highest BCUT2D eigenvalue weighted by atomic mass is 16.2. The Balaban J connectivity index is 1.85. The first-order valence-electron chi connectivity index (χ1n) is 7.33.